The van der Waals surface area contributed by atoms with Crippen molar-refractivity contribution in [3.05, 3.63) is 75.7 Å². The van der Waals surface area contributed by atoms with Gasteiger partial charge < -0.3 is 9.73 Å². The molecule has 2 aromatic heterocycles. The maximum Gasteiger partial charge on any atom is 0.271 e. The molecule has 0 bridgehead atoms. The van der Waals surface area contributed by atoms with Gasteiger partial charge in [0.25, 0.3) is 11.1 Å². The van der Waals surface area contributed by atoms with Gasteiger partial charge in [0, 0.05) is 5.38 Å². The number of hydrogen-bond donors (Lipinski definition) is 1. The summed E-state index contributed by atoms with van der Waals surface area (Å²) in [6.07, 6.45) is 0. The fourth-order valence-electron chi connectivity index (χ4n) is 2.83. The van der Waals surface area contributed by atoms with Crippen LogP contribution in [0.5, 0.6) is 0 Å². The molecule has 4 rings (SSSR count). The average molecular weight is 410 g/mol. The molecule has 1 atom stereocenters. The van der Waals surface area contributed by atoms with E-state index in [9.17, 15) is 4.79 Å². The van der Waals surface area contributed by atoms with E-state index in [2.05, 4.69) is 15.3 Å². The molecule has 0 saturated heterocycles. The summed E-state index contributed by atoms with van der Waals surface area (Å²) in [4.78, 5) is 21.5. The van der Waals surface area contributed by atoms with Gasteiger partial charge in [0.2, 0.25) is 0 Å². The number of hydrogen-bond acceptors (Lipinski definition) is 6. The van der Waals surface area contributed by atoms with Crippen molar-refractivity contribution in [1.29, 1.82) is 0 Å². The Morgan fingerprint density at radius 2 is 2.00 bits per heavy atom. The highest BCUT2D eigenvalue weighted by molar-refractivity contribution is 7.98. The monoisotopic (exact) mass is 409 g/mol. The number of thiazole rings is 1. The predicted molar refractivity (Wildman–Crippen MR) is 113 cm³/mol. The Hall–Kier alpha value is -2.64. The number of oxazole rings is 1. The minimum absolute atomic E-state index is 0.0730. The van der Waals surface area contributed by atoms with Crippen LogP contribution in [0.3, 0.4) is 0 Å². The molecule has 2 aromatic carbocycles. The molecule has 0 fully saturated rings. The lowest BCUT2D eigenvalue weighted by molar-refractivity contribution is 0.0935. The lowest BCUT2D eigenvalue weighted by atomic mass is 10.1. The number of nitrogens with zero attached hydrogens (tertiary/aromatic N) is 2. The Bertz CT molecular complexity index is 1110. The Morgan fingerprint density at radius 3 is 2.79 bits per heavy atom. The standard InChI is InChI=1S/C21H19N3O2S2/c1-13-7-6-10-17-19(13)24-21(26-17)28-12-18-23-16(11-27-18)20(25)22-14(2)15-8-4-3-5-9-15/h3-11,14H,12H2,1-2H3,(H,22,25). The highest BCUT2D eigenvalue weighted by Gasteiger charge is 2.15. The van der Waals surface area contributed by atoms with Crippen LogP contribution in [0.1, 0.15) is 39.6 Å². The van der Waals surface area contributed by atoms with Gasteiger partial charge in [0.15, 0.2) is 5.58 Å². The summed E-state index contributed by atoms with van der Waals surface area (Å²) in [7, 11) is 0. The van der Waals surface area contributed by atoms with E-state index in [1.807, 2.05) is 62.4 Å². The molecule has 2 heterocycles. The van der Waals surface area contributed by atoms with Gasteiger partial charge in [-0.2, -0.15) is 0 Å². The quantitative estimate of drug-likeness (QED) is 0.433. The number of para-hydroxylation sites is 1. The number of nitrogens with one attached hydrogen (secondary N) is 1. The van der Waals surface area contributed by atoms with E-state index < -0.39 is 0 Å². The van der Waals surface area contributed by atoms with Gasteiger partial charge in [0.05, 0.1) is 11.8 Å². The van der Waals surface area contributed by atoms with Crippen molar-refractivity contribution in [2.45, 2.75) is 30.9 Å². The maximum atomic E-state index is 12.5. The summed E-state index contributed by atoms with van der Waals surface area (Å²) in [5.74, 6) is 0.444. The summed E-state index contributed by atoms with van der Waals surface area (Å²) >= 11 is 2.95. The van der Waals surface area contributed by atoms with Gasteiger partial charge in [-0.05, 0) is 31.0 Å². The van der Waals surface area contributed by atoms with Gasteiger partial charge in [-0.3, -0.25) is 4.79 Å². The first-order valence-corrected chi connectivity index (χ1v) is 10.8. The average Bonchev–Trinajstić information content (AvgIpc) is 3.34. The van der Waals surface area contributed by atoms with Crippen molar-refractivity contribution in [3.8, 4) is 0 Å². The summed E-state index contributed by atoms with van der Waals surface area (Å²) in [6, 6.07) is 15.7. The Labute approximate surface area is 171 Å². The minimum Gasteiger partial charge on any atom is -0.431 e. The second kappa shape index (κ2) is 8.16. The molecule has 5 nitrogen and oxygen atoms in total. The SMILES string of the molecule is Cc1cccc2oc(SCc3nc(C(=O)NC(C)c4ccccc4)cs3)nc12. The zero-order valence-electron chi connectivity index (χ0n) is 15.5. The number of thioether (sulfide) groups is 1. The van der Waals surface area contributed by atoms with Crippen LogP contribution in [-0.2, 0) is 5.75 Å². The highest BCUT2D eigenvalue weighted by atomic mass is 32.2. The molecule has 0 radical (unpaired) electrons. The third-order valence-electron chi connectivity index (χ3n) is 4.35. The molecule has 142 valence electrons. The first-order chi connectivity index (χ1) is 13.6. The molecule has 0 aliphatic carbocycles. The van der Waals surface area contributed by atoms with Gasteiger partial charge in [0.1, 0.15) is 16.2 Å². The van der Waals surface area contributed by atoms with Gasteiger partial charge >= 0.3 is 0 Å². The molecule has 0 aliphatic heterocycles. The third kappa shape index (κ3) is 4.10. The number of fused-ring (bicyclic) bond motifs is 1. The lowest BCUT2D eigenvalue weighted by Gasteiger charge is -2.13. The summed E-state index contributed by atoms with van der Waals surface area (Å²) in [5, 5.41) is 6.26. The largest absolute Gasteiger partial charge is 0.431 e. The molecular weight excluding hydrogens is 390 g/mol. The summed E-state index contributed by atoms with van der Waals surface area (Å²) in [6.45, 7) is 3.98. The summed E-state index contributed by atoms with van der Waals surface area (Å²) in [5.41, 5.74) is 4.27. The first-order valence-electron chi connectivity index (χ1n) is 8.89. The second-order valence-electron chi connectivity index (χ2n) is 6.42. The van der Waals surface area contributed by atoms with Crippen LogP contribution in [-0.4, -0.2) is 15.9 Å². The normalized spacial score (nSPS) is 12.2. The fraction of sp³-hybridized carbons (Fsp3) is 0.190. The third-order valence-corrected chi connectivity index (χ3v) is 6.22. The minimum atomic E-state index is -0.165. The number of aromatic nitrogens is 2. The van der Waals surface area contributed by atoms with Crippen LogP contribution in [0.15, 0.2) is 63.6 Å². The lowest BCUT2D eigenvalue weighted by Crippen LogP contribution is -2.26. The molecule has 28 heavy (non-hydrogen) atoms. The van der Waals surface area contributed by atoms with Gasteiger partial charge in [-0.1, -0.05) is 54.2 Å². The van der Waals surface area contributed by atoms with Crippen LogP contribution < -0.4 is 5.32 Å². The van der Waals surface area contributed by atoms with E-state index in [-0.39, 0.29) is 11.9 Å². The van der Waals surface area contributed by atoms with Crippen molar-refractivity contribution in [1.82, 2.24) is 15.3 Å². The number of amides is 1. The Kier molecular flexibility index (Phi) is 5.45. The summed E-state index contributed by atoms with van der Waals surface area (Å²) < 4.78 is 5.78. The number of carbonyl (C=O) groups excluding carboxylic acids is 1. The van der Waals surface area contributed by atoms with Gasteiger partial charge in [-0.15, -0.1) is 11.3 Å². The molecule has 1 N–H and O–H groups in total. The highest BCUT2D eigenvalue weighted by Crippen LogP contribution is 2.28. The van der Waals surface area contributed by atoms with Crippen LogP contribution in [0.2, 0.25) is 0 Å². The van der Waals surface area contributed by atoms with Crippen LogP contribution in [0, 0.1) is 6.92 Å². The smallest absolute Gasteiger partial charge is 0.271 e. The van der Waals surface area contributed by atoms with E-state index >= 15 is 0 Å². The van der Waals surface area contributed by atoms with E-state index in [0.29, 0.717) is 16.7 Å². The maximum absolute atomic E-state index is 12.5. The topological polar surface area (TPSA) is 68.0 Å². The van der Waals surface area contributed by atoms with Gasteiger partial charge in [-0.25, -0.2) is 9.97 Å². The predicted octanol–water partition coefficient (Wildman–Crippen LogP) is 5.38. The Balaban J connectivity index is 1.38. The molecule has 0 spiro atoms. The number of rotatable bonds is 6. The zero-order chi connectivity index (χ0) is 19.5. The van der Waals surface area contributed by atoms with E-state index in [1.165, 1.54) is 23.1 Å². The first kappa shape index (κ1) is 18.7. The van der Waals surface area contributed by atoms with E-state index in [0.717, 1.165) is 27.2 Å². The van der Waals surface area contributed by atoms with Crippen molar-refractivity contribution >= 4 is 40.1 Å². The van der Waals surface area contributed by atoms with Crippen LogP contribution >= 0.6 is 23.1 Å². The Morgan fingerprint density at radius 1 is 1.18 bits per heavy atom. The number of aryl methyl sites for hydroxylation is 1. The molecule has 1 unspecified atom stereocenters. The number of carbonyl (C=O) groups is 1. The molecule has 0 saturated carbocycles. The van der Waals surface area contributed by atoms with Crippen LogP contribution in [0.25, 0.3) is 11.1 Å². The second-order valence-corrected chi connectivity index (χ2v) is 8.29. The molecule has 7 heteroatoms. The van der Waals surface area contributed by atoms with Crippen molar-refractivity contribution < 1.29 is 9.21 Å². The zero-order valence-corrected chi connectivity index (χ0v) is 17.1. The molecule has 0 aliphatic rings. The number of benzene rings is 2. The fourth-order valence-corrected chi connectivity index (χ4v) is 4.45. The molecule has 4 aromatic rings. The van der Waals surface area contributed by atoms with E-state index in [1.54, 1.807) is 5.38 Å². The van der Waals surface area contributed by atoms with E-state index in [4.69, 9.17) is 4.42 Å². The van der Waals surface area contributed by atoms with Crippen molar-refractivity contribution in [2.24, 2.45) is 0 Å². The van der Waals surface area contributed by atoms with Crippen LogP contribution in [0.4, 0.5) is 0 Å². The molecule has 1 amide bonds. The van der Waals surface area contributed by atoms with Crippen molar-refractivity contribution in [3.63, 3.8) is 0 Å². The molecular formula is C21H19N3O2S2. The van der Waals surface area contributed by atoms with Crippen molar-refractivity contribution in [2.75, 3.05) is 0 Å².